The third kappa shape index (κ3) is 2.87. The topological polar surface area (TPSA) is 54.9 Å². The Bertz CT molecular complexity index is 517. The standard InChI is InChI=1S/C13H13N3O/c1-9-3-5-11(6-4-9)16-13(17)12-8-14-10(2)7-15-12/h3-8H,1-2H3,(H,16,17). The summed E-state index contributed by atoms with van der Waals surface area (Å²) < 4.78 is 0. The maximum atomic E-state index is 11.8. The van der Waals surface area contributed by atoms with Crippen LogP contribution in [0.25, 0.3) is 0 Å². The number of carbonyl (C=O) groups excluding carboxylic acids is 1. The van der Waals surface area contributed by atoms with Gasteiger partial charge >= 0.3 is 0 Å². The van der Waals surface area contributed by atoms with E-state index in [-0.39, 0.29) is 5.91 Å². The second-order valence-corrected chi connectivity index (χ2v) is 3.86. The first-order valence-corrected chi connectivity index (χ1v) is 5.32. The van der Waals surface area contributed by atoms with E-state index < -0.39 is 0 Å². The van der Waals surface area contributed by atoms with Crippen molar-refractivity contribution in [1.29, 1.82) is 0 Å². The quantitative estimate of drug-likeness (QED) is 0.856. The molecule has 0 aliphatic rings. The summed E-state index contributed by atoms with van der Waals surface area (Å²) in [6.07, 6.45) is 3.04. The van der Waals surface area contributed by atoms with Crippen molar-refractivity contribution in [2.75, 3.05) is 5.32 Å². The molecule has 17 heavy (non-hydrogen) atoms. The number of benzene rings is 1. The number of aryl methyl sites for hydroxylation is 2. The lowest BCUT2D eigenvalue weighted by molar-refractivity contribution is 0.102. The number of nitrogens with one attached hydrogen (secondary N) is 1. The zero-order chi connectivity index (χ0) is 12.3. The fraction of sp³-hybridized carbons (Fsp3) is 0.154. The van der Waals surface area contributed by atoms with Gasteiger partial charge in [0, 0.05) is 11.9 Å². The number of hydrogen-bond donors (Lipinski definition) is 1. The van der Waals surface area contributed by atoms with Gasteiger partial charge in [0.1, 0.15) is 5.69 Å². The average Bonchev–Trinajstić information content (AvgIpc) is 2.33. The molecule has 1 aromatic carbocycles. The highest BCUT2D eigenvalue weighted by molar-refractivity contribution is 6.02. The highest BCUT2D eigenvalue weighted by atomic mass is 16.1. The molecule has 0 fully saturated rings. The van der Waals surface area contributed by atoms with Gasteiger partial charge in [-0.15, -0.1) is 0 Å². The third-order valence-corrected chi connectivity index (χ3v) is 2.32. The molecule has 0 radical (unpaired) electrons. The van der Waals surface area contributed by atoms with E-state index in [1.165, 1.54) is 6.20 Å². The highest BCUT2D eigenvalue weighted by Crippen LogP contribution is 2.09. The van der Waals surface area contributed by atoms with Crippen LogP contribution in [0, 0.1) is 13.8 Å². The Balaban J connectivity index is 2.11. The molecule has 0 aliphatic heterocycles. The molecule has 0 unspecified atom stereocenters. The number of rotatable bonds is 2. The van der Waals surface area contributed by atoms with E-state index >= 15 is 0 Å². The zero-order valence-corrected chi connectivity index (χ0v) is 9.77. The maximum absolute atomic E-state index is 11.8. The second-order valence-electron chi connectivity index (χ2n) is 3.86. The molecule has 0 spiro atoms. The first kappa shape index (κ1) is 11.3. The molecular formula is C13H13N3O. The maximum Gasteiger partial charge on any atom is 0.275 e. The lowest BCUT2D eigenvalue weighted by atomic mass is 10.2. The predicted molar refractivity (Wildman–Crippen MR) is 65.9 cm³/mol. The molecule has 0 saturated carbocycles. The van der Waals surface area contributed by atoms with Crippen LogP contribution in [0.5, 0.6) is 0 Å². The Morgan fingerprint density at radius 1 is 1.06 bits per heavy atom. The first-order valence-electron chi connectivity index (χ1n) is 5.32. The van der Waals surface area contributed by atoms with Crippen LogP contribution in [0.4, 0.5) is 5.69 Å². The normalized spacial score (nSPS) is 10.0. The van der Waals surface area contributed by atoms with Crippen molar-refractivity contribution >= 4 is 11.6 Å². The second kappa shape index (κ2) is 4.74. The lowest BCUT2D eigenvalue weighted by Crippen LogP contribution is -2.14. The Kier molecular flexibility index (Phi) is 3.14. The molecule has 86 valence electrons. The zero-order valence-electron chi connectivity index (χ0n) is 9.77. The minimum atomic E-state index is -0.249. The molecule has 4 nitrogen and oxygen atoms in total. The van der Waals surface area contributed by atoms with E-state index in [0.717, 1.165) is 16.9 Å². The molecular weight excluding hydrogens is 214 g/mol. The van der Waals surface area contributed by atoms with Gasteiger partial charge in [0.2, 0.25) is 0 Å². The van der Waals surface area contributed by atoms with E-state index in [0.29, 0.717) is 5.69 Å². The van der Waals surface area contributed by atoms with Gasteiger partial charge in [-0.3, -0.25) is 9.78 Å². The van der Waals surface area contributed by atoms with E-state index in [1.807, 2.05) is 38.1 Å². The first-order chi connectivity index (χ1) is 8.15. The van der Waals surface area contributed by atoms with Gasteiger partial charge < -0.3 is 5.32 Å². The summed E-state index contributed by atoms with van der Waals surface area (Å²) >= 11 is 0. The van der Waals surface area contributed by atoms with Crippen LogP contribution in [-0.2, 0) is 0 Å². The largest absolute Gasteiger partial charge is 0.321 e. The molecule has 1 amide bonds. The SMILES string of the molecule is Cc1ccc(NC(=O)c2cnc(C)cn2)cc1. The Labute approximate surface area is 99.7 Å². The van der Waals surface area contributed by atoms with Crippen molar-refractivity contribution in [3.05, 3.63) is 53.6 Å². The van der Waals surface area contributed by atoms with Gasteiger partial charge in [-0.2, -0.15) is 0 Å². The van der Waals surface area contributed by atoms with Crippen LogP contribution in [-0.4, -0.2) is 15.9 Å². The van der Waals surface area contributed by atoms with Gasteiger partial charge in [0.25, 0.3) is 5.91 Å². The van der Waals surface area contributed by atoms with Crippen LogP contribution in [0.3, 0.4) is 0 Å². The van der Waals surface area contributed by atoms with Gasteiger partial charge in [-0.25, -0.2) is 4.98 Å². The number of carbonyl (C=O) groups is 1. The number of hydrogen-bond acceptors (Lipinski definition) is 3. The van der Waals surface area contributed by atoms with E-state index in [4.69, 9.17) is 0 Å². The summed E-state index contributed by atoms with van der Waals surface area (Å²) in [4.78, 5) is 19.8. The molecule has 0 atom stereocenters. The predicted octanol–water partition coefficient (Wildman–Crippen LogP) is 2.35. The molecule has 0 saturated heterocycles. The number of amides is 1. The molecule has 1 aromatic heterocycles. The van der Waals surface area contributed by atoms with Gasteiger partial charge in [-0.05, 0) is 26.0 Å². The molecule has 1 N–H and O–H groups in total. The number of aromatic nitrogens is 2. The van der Waals surface area contributed by atoms with Crippen molar-refractivity contribution in [3.63, 3.8) is 0 Å². The molecule has 2 rings (SSSR count). The van der Waals surface area contributed by atoms with Crippen molar-refractivity contribution < 1.29 is 4.79 Å². The summed E-state index contributed by atoms with van der Waals surface area (Å²) in [5, 5.41) is 2.76. The minimum absolute atomic E-state index is 0.249. The van der Waals surface area contributed by atoms with Crippen LogP contribution < -0.4 is 5.32 Å². The Morgan fingerprint density at radius 2 is 1.76 bits per heavy atom. The fourth-order valence-electron chi connectivity index (χ4n) is 1.34. The lowest BCUT2D eigenvalue weighted by Gasteiger charge is -2.04. The molecule has 2 aromatic rings. The van der Waals surface area contributed by atoms with Crippen LogP contribution in [0.1, 0.15) is 21.7 Å². The summed E-state index contributed by atoms with van der Waals surface area (Å²) in [7, 11) is 0. The van der Waals surface area contributed by atoms with E-state index in [9.17, 15) is 4.79 Å². The van der Waals surface area contributed by atoms with Gasteiger partial charge in [0.15, 0.2) is 0 Å². The minimum Gasteiger partial charge on any atom is -0.321 e. The highest BCUT2D eigenvalue weighted by Gasteiger charge is 2.07. The van der Waals surface area contributed by atoms with Crippen molar-refractivity contribution in [2.24, 2.45) is 0 Å². The summed E-state index contributed by atoms with van der Waals surface area (Å²) in [6, 6.07) is 7.59. The molecule has 1 heterocycles. The van der Waals surface area contributed by atoms with Crippen molar-refractivity contribution in [1.82, 2.24) is 9.97 Å². The van der Waals surface area contributed by atoms with Crippen LogP contribution in [0.15, 0.2) is 36.7 Å². The van der Waals surface area contributed by atoms with Gasteiger partial charge in [0.05, 0.1) is 11.9 Å². The summed E-state index contributed by atoms with van der Waals surface area (Å²) in [5.41, 5.74) is 3.01. The van der Waals surface area contributed by atoms with Crippen LogP contribution >= 0.6 is 0 Å². The smallest absolute Gasteiger partial charge is 0.275 e. The Hall–Kier alpha value is -2.23. The monoisotopic (exact) mass is 227 g/mol. The van der Waals surface area contributed by atoms with E-state index in [1.54, 1.807) is 6.20 Å². The van der Waals surface area contributed by atoms with Crippen LogP contribution in [0.2, 0.25) is 0 Å². The molecule has 4 heteroatoms. The van der Waals surface area contributed by atoms with Crippen molar-refractivity contribution in [3.8, 4) is 0 Å². The molecule has 0 aliphatic carbocycles. The summed E-state index contributed by atoms with van der Waals surface area (Å²) in [6.45, 7) is 3.83. The summed E-state index contributed by atoms with van der Waals surface area (Å²) in [5.74, 6) is -0.249. The van der Waals surface area contributed by atoms with Gasteiger partial charge in [-0.1, -0.05) is 17.7 Å². The fourth-order valence-corrected chi connectivity index (χ4v) is 1.34. The Morgan fingerprint density at radius 3 is 2.35 bits per heavy atom. The van der Waals surface area contributed by atoms with Crippen molar-refractivity contribution in [2.45, 2.75) is 13.8 Å². The average molecular weight is 227 g/mol. The number of nitrogens with zero attached hydrogens (tertiary/aromatic N) is 2. The number of anilines is 1. The third-order valence-electron chi connectivity index (χ3n) is 2.32. The molecule has 0 bridgehead atoms. The van der Waals surface area contributed by atoms with E-state index in [2.05, 4.69) is 15.3 Å².